The predicted octanol–water partition coefficient (Wildman–Crippen LogP) is 5.38. The predicted molar refractivity (Wildman–Crippen MR) is 158 cm³/mol. The van der Waals surface area contributed by atoms with Gasteiger partial charge in [0.25, 0.3) is 5.91 Å². The summed E-state index contributed by atoms with van der Waals surface area (Å²) in [4.78, 5) is 56.0. The van der Waals surface area contributed by atoms with Crippen molar-refractivity contribution in [3.05, 3.63) is 59.4 Å². The fraction of sp³-hybridized carbons (Fsp3) is 0.484. The maximum absolute atomic E-state index is 14.3. The van der Waals surface area contributed by atoms with Gasteiger partial charge in [-0.3, -0.25) is 24.7 Å². The normalized spacial score (nSPS) is 19.7. The van der Waals surface area contributed by atoms with Gasteiger partial charge in [0.1, 0.15) is 11.4 Å². The minimum Gasteiger partial charge on any atom is -0.453 e. The number of methoxy groups -OCH3 is 1. The molecule has 10 nitrogen and oxygen atoms in total. The van der Waals surface area contributed by atoms with E-state index in [4.69, 9.17) is 0 Å². The van der Waals surface area contributed by atoms with Crippen LogP contribution in [0, 0.1) is 11.7 Å². The van der Waals surface area contributed by atoms with Crippen LogP contribution < -0.4 is 15.5 Å². The number of likely N-dealkylation sites (tertiary alicyclic amines) is 1. The minimum atomic E-state index is -4.61. The van der Waals surface area contributed by atoms with Crippen LogP contribution in [0.5, 0.6) is 0 Å². The van der Waals surface area contributed by atoms with Crippen LogP contribution in [0.1, 0.15) is 50.7 Å². The summed E-state index contributed by atoms with van der Waals surface area (Å²) in [5, 5.41) is 5.59. The molecule has 2 saturated heterocycles. The SMILES string of the molecule is COC(=O)Nc1ccc(N2C(=O)N(C)C(=O)C23CCCN(C(=O)C[C@H](NCc2cc(C(F)(F)F)ccc2F)C(C)C)CC3)cc1. The highest BCUT2D eigenvalue weighted by atomic mass is 19.4. The quantitative estimate of drug-likeness (QED) is 0.298. The van der Waals surface area contributed by atoms with E-state index in [1.165, 1.54) is 19.1 Å². The van der Waals surface area contributed by atoms with Crippen LogP contribution in [-0.4, -0.2) is 72.6 Å². The van der Waals surface area contributed by atoms with Crippen molar-refractivity contribution in [1.82, 2.24) is 15.1 Å². The van der Waals surface area contributed by atoms with Crippen molar-refractivity contribution < 1.29 is 41.5 Å². The van der Waals surface area contributed by atoms with E-state index in [-0.39, 0.29) is 49.2 Å². The highest BCUT2D eigenvalue weighted by Crippen LogP contribution is 2.40. The van der Waals surface area contributed by atoms with Crippen LogP contribution in [0.2, 0.25) is 0 Å². The molecule has 2 heterocycles. The van der Waals surface area contributed by atoms with E-state index in [0.29, 0.717) is 36.8 Å². The smallest absolute Gasteiger partial charge is 0.416 e. The van der Waals surface area contributed by atoms with Crippen molar-refractivity contribution in [3.8, 4) is 0 Å². The molecule has 2 aliphatic heterocycles. The molecule has 0 radical (unpaired) electrons. The molecule has 2 atom stereocenters. The Labute approximate surface area is 258 Å². The first-order valence-corrected chi connectivity index (χ1v) is 14.6. The van der Waals surface area contributed by atoms with Gasteiger partial charge in [-0.2, -0.15) is 13.2 Å². The van der Waals surface area contributed by atoms with E-state index in [1.807, 2.05) is 13.8 Å². The molecule has 2 aliphatic rings. The van der Waals surface area contributed by atoms with Gasteiger partial charge >= 0.3 is 18.3 Å². The fourth-order valence-electron chi connectivity index (χ4n) is 5.84. The molecule has 1 unspecified atom stereocenters. The number of anilines is 2. The number of hydrogen-bond acceptors (Lipinski definition) is 6. The van der Waals surface area contributed by atoms with Gasteiger partial charge in [-0.1, -0.05) is 13.8 Å². The lowest BCUT2D eigenvalue weighted by Crippen LogP contribution is -2.51. The molecule has 0 aromatic heterocycles. The number of nitrogens with one attached hydrogen (secondary N) is 2. The van der Waals surface area contributed by atoms with Gasteiger partial charge in [0.05, 0.1) is 12.7 Å². The molecule has 45 heavy (non-hydrogen) atoms. The Morgan fingerprint density at radius 1 is 1.04 bits per heavy atom. The van der Waals surface area contributed by atoms with Gasteiger partial charge in [-0.15, -0.1) is 0 Å². The molecule has 0 aliphatic carbocycles. The zero-order valence-electron chi connectivity index (χ0n) is 25.5. The second kappa shape index (κ2) is 13.4. The summed E-state index contributed by atoms with van der Waals surface area (Å²) >= 11 is 0. The Kier molecular flexibility index (Phi) is 10.1. The molecule has 0 bridgehead atoms. The number of imide groups is 1. The van der Waals surface area contributed by atoms with Crippen LogP contribution in [0.3, 0.4) is 0 Å². The average molecular weight is 636 g/mol. The van der Waals surface area contributed by atoms with Crippen LogP contribution in [-0.2, 0) is 27.0 Å². The monoisotopic (exact) mass is 635 g/mol. The number of rotatable bonds is 8. The molecule has 4 rings (SSSR count). The summed E-state index contributed by atoms with van der Waals surface area (Å²) in [7, 11) is 2.65. The lowest BCUT2D eigenvalue weighted by atomic mass is 9.88. The van der Waals surface area contributed by atoms with Crippen LogP contribution in [0.25, 0.3) is 0 Å². The standard InChI is InChI=1S/C31H37F4N5O5/c1-19(2)25(36-18-20-16-21(31(33,34)35)6-11-24(20)32)17-26(41)39-14-5-12-30(13-15-39)27(42)38(3)29(44)40(30)23-9-7-22(8-10-23)37-28(43)45-4/h6-11,16,19,25,36H,5,12-15,17-18H2,1-4H3,(H,37,43)/t25-,30?/m0/s1. The summed E-state index contributed by atoms with van der Waals surface area (Å²) in [5.74, 6) is -1.47. The number of carbonyl (C=O) groups excluding carboxylic acids is 4. The molecule has 2 aromatic carbocycles. The highest BCUT2D eigenvalue weighted by molar-refractivity contribution is 6.16. The number of ether oxygens (including phenoxy) is 1. The first-order valence-electron chi connectivity index (χ1n) is 14.6. The zero-order valence-corrected chi connectivity index (χ0v) is 25.5. The van der Waals surface area contributed by atoms with Crippen molar-refractivity contribution in [1.29, 1.82) is 0 Å². The van der Waals surface area contributed by atoms with E-state index < -0.39 is 41.3 Å². The van der Waals surface area contributed by atoms with E-state index in [1.54, 1.807) is 29.2 Å². The van der Waals surface area contributed by atoms with Gasteiger partial charge in [0.2, 0.25) is 5.91 Å². The molecule has 14 heteroatoms. The number of carbonyl (C=O) groups is 4. The lowest BCUT2D eigenvalue weighted by Gasteiger charge is -2.34. The number of halogens is 4. The van der Waals surface area contributed by atoms with Gasteiger partial charge in [0, 0.05) is 56.1 Å². The largest absolute Gasteiger partial charge is 0.453 e. The molecule has 2 fully saturated rings. The third kappa shape index (κ3) is 7.21. The van der Waals surface area contributed by atoms with Gasteiger partial charge in [0.15, 0.2) is 0 Å². The number of urea groups is 1. The van der Waals surface area contributed by atoms with Gasteiger partial charge < -0.3 is 15.0 Å². The molecule has 5 amide bonds. The van der Waals surface area contributed by atoms with Gasteiger partial charge in [-0.05, 0) is 67.6 Å². The summed E-state index contributed by atoms with van der Waals surface area (Å²) in [5.41, 5.74) is -1.42. The van der Waals surface area contributed by atoms with Crippen LogP contribution >= 0.6 is 0 Å². The molecular formula is C31H37F4N5O5. The maximum atomic E-state index is 14.3. The third-order valence-corrected chi connectivity index (χ3v) is 8.46. The summed E-state index contributed by atoms with van der Waals surface area (Å²) in [6.07, 6.45) is -4.32. The van der Waals surface area contributed by atoms with E-state index in [2.05, 4.69) is 15.4 Å². The zero-order chi connectivity index (χ0) is 33.1. The number of amides is 5. The topological polar surface area (TPSA) is 111 Å². The summed E-state index contributed by atoms with van der Waals surface area (Å²) in [6.45, 7) is 4.05. The molecule has 2 aromatic rings. The minimum absolute atomic E-state index is 0.0103. The Bertz CT molecular complexity index is 1430. The third-order valence-electron chi connectivity index (χ3n) is 8.46. The number of alkyl halides is 3. The first-order chi connectivity index (χ1) is 21.2. The second-order valence-corrected chi connectivity index (χ2v) is 11.7. The lowest BCUT2D eigenvalue weighted by molar-refractivity contribution is -0.137. The summed E-state index contributed by atoms with van der Waals surface area (Å²) < 4.78 is 58.4. The Hall–Kier alpha value is -4.20. The molecular weight excluding hydrogens is 598 g/mol. The van der Waals surface area contributed by atoms with E-state index in [0.717, 1.165) is 17.0 Å². The molecule has 2 N–H and O–H groups in total. The fourth-order valence-corrected chi connectivity index (χ4v) is 5.84. The average Bonchev–Trinajstić information content (AvgIpc) is 3.13. The van der Waals surface area contributed by atoms with Crippen molar-refractivity contribution in [2.45, 2.75) is 63.8 Å². The van der Waals surface area contributed by atoms with E-state index in [9.17, 15) is 36.7 Å². The number of nitrogens with zero attached hydrogens (tertiary/aromatic N) is 3. The molecule has 0 saturated carbocycles. The van der Waals surface area contributed by atoms with Crippen molar-refractivity contribution in [2.24, 2.45) is 5.92 Å². The van der Waals surface area contributed by atoms with Crippen LogP contribution in [0.15, 0.2) is 42.5 Å². The molecule has 244 valence electrons. The number of benzene rings is 2. The Balaban J connectivity index is 1.46. The van der Waals surface area contributed by atoms with Crippen molar-refractivity contribution >= 4 is 35.3 Å². The van der Waals surface area contributed by atoms with Crippen molar-refractivity contribution in [2.75, 3.05) is 37.5 Å². The highest BCUT2D eigenvalue weighted by Gasteiger charge is 2.56. The summed E-state index contributed by atoms with van der Waals surface area (Å²) in [6, 6.07) is 7.70. The number of hydrogen-bond donors (Lipinski definition) is 2. The molecule has 1 spiro atoms. The number of likely N-dealkylation sites (N-methyl/N-ethyl adjacent to an activating group) is 1. The maximum Gasteiger partial charge on any atom is 0.416 e. The Morgan fingerprint density at radius 2 is 1.73 bits per heavy atom. The van der Waals surface area contributed by atoms with E-state index >= 15 is 0 Å². The van der Waals surface area contributed by atoms with Gasteiger partial charge in [-0.25, -0.2) is 14.0 Å². The second-order valence-electron chi connectivity index (χ2n) is 11.7. The Morgan fingerprint density at radius 3 is 2.36 bits per heavy atom. The van der Waals surface area contributed by atoms with Crippen LogP contribution in [0.4, 0.5) is 38.5 Å². The van der Waals surface area contributed by atoms with Crippen molar-refractivity contribution in [3.63, 3.8) is 0 Å². The first kappa shape index (κ1) is 33.7.